The van der Waals surface area contributed by atoms with Crippen LogP contribution in [0.5, 0.6) is 0 Å². The van der Waals surface area contributed by atoms with Gasteiger partial charge in [0.15, 0.2) is 6.29 Å². The van der Waals surface area contributed by atoms with Gasteiger partial charge in [0, 0.05) is 17.4 Å². The van der Waals surface area contributed by atoms with Gasteiger partial charge in [-0.15, -0.1) is 6.58 Å². The minimum atomic E-state index is 0.633. The Morgan fingerprint density at radius 1 is 1.40 bits per heavy atom. The van der Waals surface area contributed by atoms with Crippen molar-refractivity contribution in [2.75, 3.05) is 11.9 Å². The highest BCUT2D eigenvalue weighted by Crippen LogP contribution is 2.24. The highest BCUT2D eigenvalue weighted by Gasteiger charge is 2.08. The molecule has 3 nitrogen and oxygen atoms in total. The van der Waals surface area contributed by atoms with Crippen LogP contribution >= 0.6 is 0 Å². The van der Waals surface area contributed by atoms with Gasteiger partial charge in [0.05, 0.1) is 5.56 Å². The lowest BCUT2D eigenvalue weighted by molar-refractivity contribution is 0.112. The molecule has 1 aromatic carbocycles. The van der Waals surface area contributed by atoms with Gasteiger partial charge in [-0.25, -0.2) is 0 Å². The summed E-state index contributed by atoms with van der Waals surface area (Å²) in [6.07, 6.45) is 2.62. The molecule has 2 rings (SSSR count). The van der Waals surface area contributed by atoms with Gasteiger partial charge in [0.2, 0.25) is 0 Å². The molecule has 3 heteroatoms. The summed E-state index contributed by atoms with van der Waals surface area (Å²) in [6.45, 7) is 4.25. The topological polar surface area (TPSA) is 44.9 Å². The summed E-state index contributed by atoms with van der Waals surface area (Å²) in [4.78, 5) is 14.1. The second-order valence-electron chi connectivity index (χ2n) is 3.25. The summed E-state index contributed by atoms with van der Waals surface area (Å²) in [5.41, 5.74) is 1.64. The van der Waals surface area contributed by atoms with Crippen molar-refractivity contribution in [2.45, 2.75) is 0 Å². The van der Waals surface area contributed by atoms with E-state index in [-0.39, 0.29) is 0 Å². The lowest BCUT2D eigenvalue weighted by atomic mass is 10.2. The molecule has 0 radical (unpaired) electrons. The molecule has 0 saturated carbocycles. The van der Waals surface area contributed by atoms with Crippen molar-refractivity contribution in [2.24, 2.45) is 0 Å². The smallest absolute Gasteiger partial charge is 0.154 e. The second kappa shape index (κ2) is 4.00. The molecule has 0 aliphatic heterocycles. The molecule has 0 amide bonds. The van der Waals surface area contributed by atoms with Crippen LogP contribution in [0, 0.1) is 0 Å². The van der Waals surface area contributed by atoms with Crippen LogP contribution in [0.3, 0.4) is 0 Å². The SMILES string of the molecule is C=CCNc1[nH]c2ccccc2c1C=O. The number of aromatic nitrogens is 1. The number of carbonyl (C=O) groups is 1. The Hall–Kier alpha value is -2.03. The van der Waals surface area contributed by atoms with E-state index in [2.05, 4.69) is 16.9 Å². The van der Waals surface area contributed by atoms with Gasteiger partial charge in [0.25, 0.3) is 0 Å². The maximum absolute atomic E-state index is 11.0. The molecule has 76 valence electrons. The van der Waals surface area contributed by atoms with Gasteiger partial charge in [-0.2, -0.15) is 0 Å². The average molecular weight is 200 g/mol. The quantitative estimate of drug-likeness (QED) is 0.588. The zero-order chi connectivity index (χ0) is 10.7. The monoisotopic (exact) mass is 200 g/mol. The number of nitrogens with one attached hydrogen (secondary N) is 2. The fraction of sp³-hybridized carbons (Fsp3) is 0.0833. The van der Waals surface area contributed by atoms with E-state index in [9.17, 15) is 4.79 Å². The molecular weight excluding hydrogens is 188 g/mol. The molecule has 0 spiro atoms. The number of carbonyl (C=O) groups excluding carboxylic acids is 1. The van der Waals surface area contributed by atoms with Crippen LogP contribution in [0.25, 0.3) is 10.9 Å². The third kappa shape index (κ3) is 1.64. The maximum Gasteiger partial charge on any atom is 0.154 e. The molecule has 0 aliphatic carbocycles. The molecule has 0 fully saturated rings. The first-order valence-electron chi connectivity index (χ1n) is 4.77. The molecule has 1 heterocycles. The van der Waals surface area contributed by atoms with Crippen LogP contribution in [0.2, 0.25) is 0 Å². The van der Waals surface area contributed by atoms with Crippen LogP contribution in [-0.4, -0.2) is 17.8 Å². The third-order valence-electron chi connectivity index (χ3n) is 2.29. The standard InChI is InChI=1S/C12H12N2O/c1-2-7-13-12-10(8-15)9-5-3-4-6-11(9)14-12/h2-6,8,13-14H,1,7H2. The molecule has 2 aromatic rings. The Bertz CT molecular complexity index is 499. The summed E-state index contributed by atoms with van der Waals surface area (Å²) >= 11 is 0. The van der Waals surface area contributed by atoms with E-state index in [4.69, 9.17) is 0 Å². The fourth-order valence-corrected chi connectivity index (χ4v) is 1.60. The van der Waals surface area contributed by atoms with E-state index in [1.165, 1.54) is 0 Å². The predicted molar refractivity (Wildman–Crippen MR) is 62.4 cm³/mol. The lowest BCUT2D eigenvalue weighted by Crippen LogP contribution is -2.00. The van der Waals surface area contributed by atoms with E-state index >= 15 is 0 Å². The number of H-pyrrole nitrogens is 1. The minimum Gasteiger partial charge on any atom is -0.368 e. The fourth-order valence-electron chi connectivity index (χ4n) is 1.60. The zero-order valence-electron chi connectivity index (χ0n) is 8.29. The zero-order valence-corrected chi connectivity index (χ0v) is 8.29. The van der Waals surface area contributed by atoms with Crippen molar-refractivity contribution >= 4 is 23.0 Å². The molecule has 0 aliphatic rings. The number of anilines is 1. The van der Waals surface area contributed by atoms with E-state index in [1.54, 1.807) is 6.08 Å². The van der Waals surface area contributed by atoms with Crippen molar-refractivity contribution in [3.05, 3.63) is 42.5 Å². The van der Waals surface area contributed by atoms with Gasteiger partial charge in [0.1, 0.15) is 5.82 Å². The number of aldehydes is 1. The third-order valence-corrected chi connectivity index (χ3v) is 2.29. The number of para-hydroxylation sites is 1. The molecule has 0 saturated heterocycles. The van der Waals surface area contributed by atoms with Crippen LogP contribution in [0.1, 0.15) is 10.4 Å². The van der Waals surface area contributed by atoms with E-state index in [1.807, 2.05) is 24.3 Å². The van der Waals surface area contributed by atoms with Crippen molar-refractivity contribution in [1.29, 1.82) is 0 Å². The highest BCUT2D eigenvalue weighted by molar-refractivity contribution is 6.03. The van der Waals surface area contributed by atoms with Crippen molar-refractivity contribution in [3.8, 4) is 0 Å². The number of fused-ring (bicyclic) bond motifs is 1. The van der Waals surface area contributed by atoms with Gasteiger partial charge < -0.3 is 10.3 Å². The molecule has 1 aromatic heterocycles. The Labute approximate surface area is 87.8 Å². The first kappa shape index (κ1) is 9.52. The van der Waals surface area contributed by atoms with E-state index < -0.39 is 0 Å². The summed E-state index contributed by atoms with van der Waals surface area (Å²) in [6, 6.07) is 7.72. The number of hydrogen-bond donors (Lipinski definition) is 2. The Balaban J connectivity index is 2.53. The Morgan fingerprint density at radius 2 is 2.20 bits per heavy atom. The van der Waals surface area contributed by atoms with Crippen molar-refractivity contribution < 1.29 is 4.79 Å². The molecule has 15 heavy (non-hydrogen) atoms. The first-order valence-corrected chi connectivity index (χ1v) is 4.77. The minimum absolute atomic E-state index is 0.633. The Morgan fingerprint density at radius 3 is 2.93 bits per heavy atom. The summed E-state index contributed by atoms with van der Waals surface area (Å²) in [7, 11) is 0. The van der Waals surface area contributed by atoms with Crippen molar-refractivity contribution in [1.82, 2.24) is 4.98 Å². The number of aromatic amines is 1. The van der Waals surface area contributed by atoms with Crippen molar-refractivity contribution in [3.63, 3.8) is 0 Å². The van der Waals surface area contributed by atoms with Gasteiger partial charge in [-0.1, -0.05) is 24.3 Å². The summed E-state index contributed by atoms with van der Waals surface area (Å²) < 4.78 is 0. The van der Waals surface area contributed by atoms with Gasteiger partial charge in [-0.05, 0) is 6.07 Å². The average Bonchev–Trinajstić information content (AvgIpc) is 2.63. The van der Waals surface area contributed by atoms with Crippen LogP contribution in [0.15, 0.2) is 36.9 Å². The lowest BCUT2D eigenvalue weighted by Gasteiger charge is -1.99. The number of rotatable bonds is 4. The maximum atomic E-state index is 11.0. The Kier molecular flexibility index (Phi) is 2.54. The first-order chi connectivity index (χ1) is 7.36. The van der Waals surface area contributed by atoms with Crippen LogP contribution < -0.4 is 5.32 Å². The molecule has 2 N–H and O–H groups in total. The van der Waals surface area contributed by atoms with Crippen LogP contribution in [0.4, 0.5) is 5.82 Å². The molecule has 0 unspecified atom stereocenters. The van der Waals surface area contributed by atoms with E-state index in [0.29, 0.717) is 12.1 Å². The summed E-state index contributed by atoms with van der Waals surface area (Å²) in [5.74, 6) is 0.756. The number of benzene rings is 1. The van der Waals surface area contributed by atoms with Gasteiger partial charge >= 0.3 is 0 Å². The highest BCUT2D eigenvalue weighted by atomic mass is 16.1. The normalized spacial score (nSPS) is 10.1. The summed E-state index contributed by atoms with van der Waals surface area (Å²) in [5, 5.41) is 4.04. The molecule has 0 bridgehead atoms. The molecular formula is C12H12N2O. The number of hydrogen-bond acceptors (Lipinski definition) is 2. The molecule has 0 atom stereocenters. The predicted octanol–water partition coefficient (Wildman–Crippen LogP) is 2.58. The van der Waals surface area contributed by atoms with Gasteiger partial charge in [-0.3, -0.25) is 4.79 Å². The van der Waals surface area contributed by atoms with E-state index in [0.717, 1.165) is 23.0 Å². The second-order valence-corrected chi connectivity index (χ2v) is 3.25. The van der Waals surface area contributed by atoms with Crippen LogP contribution in [-0.2, 0) is 0 Å². The largest absolute Gasteiger partial charge is 0.368 e.